The first-order valence-corrected chi connectivity index (χ1v) is 9.90. The highest BCUT2D eigenvalue weighted by atomic mass is 15.2. The van der Waals surface area contributed by atoms with Crippen molar-refractivity contribution in [2.45, 2.75) is 57.0 Å². The van der Waals surface area contributed by atoms with Crippen molar-refractivity contribution in [1.29, 1.82) is 0 Å². The van der Waals surface area contributed by atoms with E-state index in [0.717, 1.165) is 13.1 Å². The van der Waals surface area contributed by atoms with Crippen molar-refractivity contribution < 1.29 is 0 Å². The van der Waals surface area contributed by atoms with Gasteiger partial charge in [-0.2, -0.15) is 0 Å². The molecule has 2 atom stereocenters. The Balaban J connectivity index is 1.58. The molecule has 3 rings (SSSR count). The Labute approximate surface area is 153 Å². The Hall–Kier alpha value is -1.64. The molecule has 2 nitrogen and oxygen atoms in total. The minimum Gasteiger partial charge on any atom is -0.329 e. The highest BCUT2D eigenvalue weighted by Gasteiger charge is 2.29. The lowest BCUT2D eigenvalue weighted by molar-refractivity contribution is 0.0758. The summed E-state index contributed by atoms with van der Waals surface area (Å²) in [6, 6.07) is 23.2. The molecule has 0 amide bonds. The summed E-state index contributed by atoms with van der Waals surface area (Å²) in [5, 5.41) is 0. The number of aryl methyl sites for hydroxylation is 2. The van der Waals surface area contributed by atoms with Crippen LogP contribution in [0.1, 0.15) is 43.2 Å². The number of piperidine rings is 1. The van der Waals surface area contributed by atoms with Gasteiger partial charge in [0.15, 0.2) is 0 Å². The van der Waals surface area contributed by atoms with Gasteiger partial charge in [0, 0.05) is 25.2 Å². The molecule has 2 aromatic carbocycles. The molecule has 2 N–H and O–H groups in total. The molecule has 0 aromatic heterocycles. The number of nitrogens with two attached hydrogens (primary N) is 1. The second kappa shape index (κ2) is 9.74. The molecular formula is C23H32N2. The van der Waals surface area contributed by atoms with E-state index in [1.807, 2.05) is 0 Å². The zero-order chi connectivity index (χ0) is 17.3. The second-order valence-electron chi connectivity index (χ2n) is 7.31. The van der Waals surface area contributed by atoms with Gasteiger partial charge in [0.1, 0.15) is 0 Å². The molecule has 0 spiro atoms. The maximum atomic E-state index is 5.96. The highest BCUT2D eigenvalue weighted by Crippen LogP contribution is 2.28. The van der Waals surface area contributed by atoms with Gasteiger partial charge in [-0.25, -0.2) is 0 Å². The molecule has 134 valence electrons. The average molecular weight is 337 g/mol. The summed E-state index contributed by atoms with van der Waals surface area (Å²) in [5.41, 5.74) is 8.88. The van der Waals surface area contributed by atoms with Gasteiger partial charge in [-0.15, -0.1) is 0 Å². The van der Waals surface area contributed by atoms with Gasteiger partial charge in [-0.3, -0.25) is 4.90 Å². The van der Waals surface area contributed by atoms with Crippen molar-refractivity contribution in [1.82, 2.24) is 4.90 Å². The van der Waals surface area contributed by atoms with Gasteiger partial charge in [-0.1, -0.05) is 67.1 Å². The fraction of sp³-hybridized carbons (Fsp3) is 0.478. The van der Waals surface area contributed by atoms with Crippen LogP contribution in [0, 0.1) is 0 Å². The van der Waals surface area contributed by atoms with E-state index in [0.29, 0.717) is 12.1 Å². The van der Waals surface area contributed by atoms with Gasteiger partial charge in [0.25, 0.3) is 0 Å². The third-order valence-corrected chi connectivity index (χ3v) is 5.62. The molecule has 2 aromatic rings. The minimum atomic E-state index is 0.693. The lowest BCUT2D eigenvalue weighted by atomic mass is 9.88. The fourth-order valence-electron chi connectivity index (χ4n) is 4.31. The van der Waals surface area contributed by atoms with Crippen LogP contribution in [0.4, 0.5) is 0 Å². The number of hydrogen-bond donors (Lipinski definition) is 1. The smallest absolute Gasteiger partial charge is 0.0110 e. The molecular weight excluding hydrogens is 304 g/mol. The number of benzene rings is 2. The molecule has 0 bridgehead atoms. The molecule has 25 heavy (non-hydrogen) atoms. The minimum absolute atomic E-state index is 0.693. The Morgan fingerprint density at radius 1 is 0.760 bits per heavy atom. The molecule has 1 aliphatic heterocycles. The molecule has 0 radical (unpaired) electrons. The predicted octanol–water partition coefficient (Wildman–Crippen LogP) is 4.43. The van der Waals surface area contributed by atoms with Crippen molar-refractivity contribution in [2.75, 3.05) is 13.1 Å². The summed E-state index contributed by atoms with van der Waals surface area (Å²) in [6.45, 7) is 1.81. The molecule has 1 aliphatic rings. The maximum Gasteiger partial charge on any atom is 0.0110 e. The summed E-state index contributed by atoms with van der Waals surface area (Å²) in [7, 11) is 0. The van der Waals surface area contributed by atoms with E-state index in [1.54, 1.807) is 0 Å². The van der Waals surface area contributed by atoms with E-state index < -0.39 is 0 Å². The van der Waals surface area contributed by atoms with Crippen LogP contribution >= 0.6 is 0 Å². The van der Waals surface area contributed by atoms with Gasteiger partial charge in [0.05, 0.1) is 0 Å². The van der Waals surface area contributed by atoms with Gasteiger partial charge in [0.2, 0.25) is 0 Å². The zero-order valence-corrected chi connectivity index (χ0v) is 15.3. The first kappa shape index (κ1) is 18.2. The Morgan fingerprint density at radius 3 is 1.68 bits per heavy atom. The van der Waals surface area contributed by atoms with Crippen molar-refractivity contribution in [3.05, 3.63) is 71.8 Å². The number of nitrogens with zero attached hydrogens (tertiary/aromatic N) is 1. The number of likely N-dealkylation sites (tertiary alicyclic amines) is 1. The topological polar surface area (TPSA) is 29.3 Å². The number of rotatable bonds is 8. The lowest BCUT2D eigenvalue weighted by Gasteiger charge is -2.42. The van der Waals surface area contributed by atoms with Gasteiger partial charge in [-0.05, 0) is 49.7 Å². The van der Waals surface area contributed by atoms with E-state index >= 15 is 0 Å². The molecule has 0 unspecified atom stereocenters. The monoisotopic (exact) mass is 336 g/mol. The summed E-state index contributed by atoms with van der Waals surface area (Å²) < 4.78 is 0. The summed E-state index contributed by atoms with van der Waals surface area (Å²) in [5.74, 6) is 0. The van der Waals surface area contributed by atoms with Crippen LogP contribution in [-0.2, 0) is 12.8 Å². The highest BCUT2D eigenvalue weighted by molar-refractivity contribution is 5.16. The normalized spacial score (nSPS) is 21.3. The molecule has 0 saturated carbocycles. The SMILES string of the molecule is NCCN1[C@@H](CCc2ccccc2)CCC[C@H]1CCc1ccccc1. The van der Waals surface area contributed by atoms with Crippen molar-refractivity contribution in [3.8, 4) is 0 Å². The van der Waals surface area contributed by atoms with E-state index in [2.05, 4.69) is 65.6 Å². The molecule has 1 saturated heterocycles. The quantitative estimate of drug-likeness (QED) is 0.772. The maximum absolute atomic E-state index is 5.96. The average Bonchev–Trinajstić information content (AvgIpc) is 2.68. The molecule has 1 heterocycles. The van der Waals surface area contributed by atoms with Crippen LogP contribution in [0.2, 0.25) is 0 Å². The van der Waals surface area contributed by atoms with Crippen LogP contribution < -0.4 is 5.73 Å². The van der Waals surface area contributed by atoms with Crippen molar-refractivity contribution in [2.24, 2.45) is 5.73 Å². The largest absolute Gasteiger partial charge is 0.329 e. The summed E-state index contributed by atoms with van der Waals surface area (Å²) in [6.07, 6.45) is 8.89. The van der Waals surface area contributed by atoms with Crippen molar-refractivity contribution >= 4 is 0 Å². The van der Waals surface area contributed by atoms with Crippen LogP contribution in [0.5, 0.6) is 0 Å². The lowest BCUT2D eigenvalue weighted by Crippen LogP contribution is -2.49. The van der Waals surface area contributed by atoms with E-state index in [4.69, 9.17) is 5.73 Å². The van der Waals surface area contributed by atoms with Gasteiger partial charge < -0.3 is 5.73 Å². The Morgan fingerprint density at radius 2 is 1.24 bits per heavy atom. The van der Waals surface area contributed by atoms with Crippen molar-refractivity contribution in [3.63, 3.8) is 0 Å². The Bertz CT molecular complexity index is 545. The van der Waals surface area contributed by atoms with Crippen LogP contribution in [0.15, 0.2) is 60.7 Å². The fourth-order valence-corrected chi connectivity index (χ4v) is 4.31. The number of hydrogen-bond acceptors (Lipinski definition) is 2. The standard InChI is InChI=1S/C23H32N2/c24-18-19-25-22(16-14-20-8-3-1-4-9-20)12-7-13-23(25)17-15-21-10-5-2-6-11-21/h1-6,8-11,22-23H,7,12-19,24H2/t22-,23+. The van der Waals surface area contributed by atoms with Gasteiger partial charge >= 0.3 is 0 Å². The van der Waals surface area contributed by atoms with Crippen LogP contribution in [0.3, 0.4) is 0 Å². The van der Waals surface area contributed by atoms with E-state index in [-0.39, 0.29) is 0 Å². The summed E-state index contributed by atoms with van der Waals surface area (Å²) >= 11 is 0. The predicted molar refractivity (Wildman–Crippen MR) is 107 cm³/mol. The molecule has 2 heteroatoms. The second-order valence-corrected chi connectivity index (χ2v) is 7.31. The first-order chi connectivity index (χ1) is 12.4. The van der Waals surface area contributed by atoms with E-state index in [9.17, 15) is 0 Å². The van der Waals surface area contributed by atoms with Crippen LogP contribution in [0.25, 0.3) is 0 Å². The zero-order valence-electron chi connectivity index (χ0n) is 15.3. The summed E-state index contributed by atoms with van der Waals surface area (Å²) in [4.78, 5) is 2.73. The molecule has 1 fully saturated rings. The Kier molecular flexibility index (Phi) is 7.08. The molecule has 0 aliphatic carbocycles. The third-order valence-electron chi connectivity index (χ3n) is 5.62. The third kappa shape index (κ3) is 5.42. The van der Waals surface area contributed by atoms with Crippen LogP contribution in [-0.4, -0.2) is 30.1 Å². The van der Waals surface area contributed by atoms with E-state index in [1.165, 1.54) is 56.1 Å². The first-order valence-electron chi connectivity index (χ1n) is 9.90.